The van der Waals surface area contributed by atoms with Crippen LogP contribution in [0.15, 0.2) is 47.6 Å². The van der Waals surface area contributed by atoms with Gasteiger partial charge in [0.1, 0.15) is 5.82 Å². The second kappa shape index (κ2) is 10.0. The van der Waals surface area contributed by atoms with Crippen molar-refractivity contribution in [2.24, 2.45) is 4.99 Å². The van der Waals surface area contributed by atoms with Crippen LogP contribution in [0.1, 0.15) is 17.8 Å². The lowest BCUT2D eigenvalue weighted by atomic mass is 10.3. The van der Waals surface area contributed by atoms with Crippen LogP contribution in [0.2, 0.25) is 0 Å². The maximum absolute atomic E-state index is 11.9. The van der Waals surface area contributed by atoms with E-state index >= 15 is 0 Å². The first-order valence-electron chi connectivity index (χ1n) is 8.25. The third-order valence-electron chi connectivity index (χ3n) is 3.42. The van der Waals surface area contributed by atoms with Crippen LogP contribution in [0, 0.1) is 6.92 Å². The standard InChI is InChI=1S/C18H24N6O/c1-14-6-5-8-16(23-14)24-17(25)10-13-22-18(19-2)21-12-9-15-7-3-4-11-20-15/h3-8,11H,9-10,12-13H2,1-2H3,(H2,19,21,22)(H,23,24,25). The van der Waals surface area contributed by atoms with E-state index < -0.39 is 0 Å². The summed E-state index contributed by atoms with van der Waals surface area (Å²) < 4.78 is 0. The van der Waals surface area contributed by atoms with Crippen LogP contribution in [0.3, 0.4) is 0 Å². The number of rotatable bonds is 7. The summed E-state index contributed by atoms with van der Waals surface area (Å²) in [6.07, 6.45) is 2.92. The predicted octanol–water partition coefficient (Wildman–Crippen LogP) is 1.52. The summed E-state index contributed by atoms with van der Waals surface area (Å²) in [6.45, 7) is 3.09. The van der Waals surface area contributed by atoms with Crippen molar-refractivity contribution in [2.75, 3.05) is 25.5 Å². The average Bonchev–Trinajstić information content (AvgIpc) is 2.61. The number of guanidine groups is 1. The van der Waals surface area contributed by atoms with E-state index in [4.69, 9.17) is 0 Å². The number of pyridine rings is 2. The van der Waals surface area contributed by atoms with Crippen molar-refractivity contribution in [1.29, 1.82) is 0 Å². The summed E-state index contributed by atoms with van der Waals surface area (Å²) in [6, 6.07) is 11.4. The fourth-order valence-electron chi connectivity index (χ4n) is 2.19. The number of nitrogens with one attached hydrogen (secondary N) is 3. The molecular weight excluding hydrogens is 316 g/mol. The number of carbonyl (C=O) groups is 1. The van der Waals surface area contributed by atoms with Crippen molar-refractivity contribution in [3.8, 4) is 0 Å². The van der Waals surface area contributed by atoms with Gasteiger partial charge in [-0.15, -0.1) is 0 Å². The molecule has 0 radical (unpaired) electrons. The Morgan fingerprint density at radius 2 is 1.96 bits per heavy atom. The number of hydrogen-bond donors (Lipinski definition) is 3. The molecule has 0 aliphatic rings. The summed E-state index contributed by atoms with van der Waals surface area (Å²) in [4.78, 5) is 24.6. The van der Waals surface area contributed by atoms with E-state index in [1.807, 2.05) is 37.3 Å². The van der Waals surface area contributed by atoms with Crippen LogP contribution < -0.4 is 16.0 Å². The topological polar surface area (TPSA) is 91.3 Å². The summed E-state index contributed by atoms with van der Waals surface area (Å²) in [5.41, 5.74) is 1.89. The van der Waals surface area contributed by atoms with Gasteiger partial charge in [-0.2, -0.15) is 0 Å². The fraction of sp³-hybridized carbons (Fsp3) is 0.333. The summed E-state index contributed by atoms with van der Waals surface area (Å²) in [5, 5.41) is 9.11. The zero-order chi connectivity index (χ0) is 17.9. The van der Waals surface area contributed by atoms with E-state index in [0.29, 0.717) is 24.7 Å². The Morgan fingerprint density at radius 3 is 2.68 bits per heavy atom. The van der Waals surface area contributed by atoms with Crippen molar-refractivity contribution in [1.82, 2.24) is 20.6 Å². The molecule has 25 heavy (non-hydrogen) atoms. The minimum absolute atomic E-state index is 0.0884. The van der Waals surface area contributed by atoms with E-state index in [1.165, 1.54) is 0 Å². The van der Waals surface area contributed by atoms with Crippen molar-refractivity contribution >= 4 is 17.7 Å². The molecule has 3 N–H and O–H groups in total. The molecule has 0 aliphatic heterocycles. The number of carbonyl (C=O) groups excluding carboxylic acids is 1. The molecule has 2 heterocycles. The van der Waals surface area contributed by atoms with Crippen molar-refractivity contribution < 1.29 is 4.79 Å². The number of amides is 1. The molecule has 132 valence electrons. The van der Waals surface area contributed by atoms with Gasteiger partial charge in [0.05, 0.1) is 0 Å². The molecule has 0 bridgehead atoms. The normalized spacial score (nSPS) is 11.0. The lowest BCUT2D eigenvalue weighted by Crippen LogP contribution is -2.39. The van der Waals surface area contributed by atoms with Crippen molar-refractivity contribution in [3.05, 3.63) is 54.0 Å². The van der Waals surface area contributed by atoms with Crippen LogP contribution in [0.25, 0.3) is 0 Å². The van der Waals surface area contributed by atoms with Gasteiger partial charge < -0.3 is 16.0 Å². The van der Waals surface area contributed by atoms with Gasteiger partial charge in [0.2, 0.25) is 5.91 Å². The number of aromatic nitrogens is 2. The van der Waals surface area contributed by atoms with Crippen LogP contribution in [0.5, 0.6) is 0 Å². The van der Waals surface area contributed by atoms with E-state index in [-0.39, 0.29) is 5.91 Å². The van der Waals surface area contributed by atoms with Gasteiger partial charge in [0.15, 0.2) is 5.96 Å². The van der Waals surface area contributed by atoms with Crippen molar-refractivity contribution in [3.63, 3.8) is 0 Å². The number of aryl methyl sites for hydroxylation is 1. The summed E-state index contributed by atoms with van der Waals surface area (Å²) >= 11 is 0. The molecular formula is C18H24N6O. The molecule has 2 rings (SSSR count). The summed E-state index contributed by atoms with van der Waals surface area (Å²) in [7, 11) is 1.70. The Balaban J connectivity index is 1.65. The van der Waals surface area contributed by atoms with Crippen molar-refractivity contribution in [2.45, 2.75) is 19.8 Å². The minimum Gasteiger partial charge on any atom is -0.356 e. The second-order valence-corrected chi connectivity index (χ2v) is 5.46. The highest BCUT2D eigenvalue weighted by molar-refractivity contribution is 5.90. The van der Waals surface area contributed by atoms with Gasteiger partial charge >= 0.3 is 0 Å². The van der Waals surface area contributed by atoms with Crippen LogP contribution in [-0.4, -0.2) is 42.0 Å². The number of anilines is 1. The maximum Gasteiger partial charge on any atom is 0.227 e. The zero-order valence-corrected chi connectivity index (χ0v) is 14.6. The highest BCUT2D eigenvalue weighted by atomic mass is 16.1. The molecule has 7 heteroatoms. The molecule has 0 saturated heterocycles. The Bertz CT molecular complexity index is 702. The molecule has 0 fully saturated rings. The average molecular weight is 340 g/mol. The fourth-order valence-corrected chi connectivity index (χ4v) is 2.19. The third-order valence-corrected chi connectivity index (χ3v) is 3.42. The summed E-state index contributed by atoms with van der Waals surface area (Å²) in [5.74, 6) is 1.15. The first-order valence-corrected chi connectivity index (χ1v) is 8.25. The molecule has 0 aliphatic carbocycles. The van der Waals surface area contributed by atoms with E-state index in [0.717, 1.165) is 24.4 Å². The highest BCUT2D eigenvalue weighted by Gasteiger charge is 2.04. The molecule has 0 spiro atoms. The Hall–Kier alpha value is -2.96. The molecule has 0 saturated carbocycles. The molecule has 2 aromatic heterocycles. The lowest BCUT2D eigenvalue weighted by molar-refractivity contribution is -0.116. The Kier molecular flexibility index (Phi) is 7.37. The molecule has 2 aromatic rings. The SMILES string of the molecule is CN=C(NCCC(=O)Nc1cccc(C)n1)NCCc1ccccn1. The number of hydrogen-bond acceptors (Lipinski definition) is 4. The molecule has 7 nitrogen and oxygen atoms in total. The predicted molar refractivity (Wildman–Crippen MR) is 99.5 cm³/mol. The number of nitrogens with zero attached hydrogens (tertiary/aromatic N) is 3. The van der Waals surface area contributed by atoms with E-state index in [9.17, 15) is 4.79 Å². The first-order chi connectivity index (χ1) is 12.2. The largest absolute Gasteiger partial charge is 0.356 e. The number of aliphatic imine (C=N–C) groups is 1. The van der Waals surface area contributed by atoms with Gasteiger partial charge in [-0.05, 0) is 31.2 Å². The quantitative estimate of drug-likeness (QED) is 0.525. The lowest BCUT2D eigenvalue weighted by Gasteiger charge is -2.11. The molecule has 0 atom stereocenters. The minimum atomic E-state index is -0.0884. The zero-order valence-electron chi connectivity index (χ0n) is 14.6. The van der Waals surface area contributed by atoms with Gasteiger partial charge in [0.25, 0.3) is 0 Å². The molecule has 1 amide bonds. The maximum atomic E-state index is 11.9. The molecule has 0 unspecified atom stereocenters. The monoisotopic (exact) mass is 340 g/mol. The third kappa shape index (κ3) is 6.99. The second-order valence-electron chi connectivity index (χ2n) is 5.46. The van der Waals surface area contributed by atoms with E-state index in [1.54, 1.807) is 19.3 Å². The van der Waals surface area contributed by atoms with Gasteiger partial charge in [-0.1, -0.05) is 12.1 Å². The Morgan fingerprint density at radius 1 is 1.12 bits per heavy atom. The van der Waals surface area contributed by atoms with Crippen LogP contribution in [0.4, 0.5) is 5.82 Å². The van der Waals surface area contributed by atoms with Crippen LogP contribution in [-0.2, 0) is 11.2 Å². The van der Waals surface area contributed by atoms with Crippen LogP contribution >= 0.6 is 0 Å². The smallest absolute Gasteiger partial charge is 0.227 e. The van der Waals surface area contributed by atoms with Gasteiger partial charge in [0, 0.05) is 50.6 Å². The van der Waals surface area contributed by atoms with Gasteiger partial charge in [-0.25, -0.2) is 4.98 Å². The highest BCUT2D eigenvalue weighted by Crippen LogP contribution is 2.03. The van der Waals surface area contributed by atoms with Gasteiger partial charge in [-0.3, -0.25) is 14.8 Å². The van der Waals surface area contributed by atoms with E-state index in [2.05, 4.69) is 30.9 Å². The Labute approximate surface area is 148 Å². The molecule has 0 aromatic carbocycles. The first kappa shape index (κ1) is 18.4.